The Balaban J connectivity index is 2.69. The van der Waals surface area contributed by atoms with Crippen LogP contribution in [0.1, 0.15) is 24.2 Å². The predicted octanol–water partition coefficient (Wildman–Crippen LogP) is 2.09. The van der Waals surface area contributed by atoms with E-state index < -0.39 is 0 Å². The number of benzene rings is 1. The van der Waals surface area contributed by atoms with Crippen molar-refractivity contribution < 1.29 is 9.59 Å². The van der Waals surface area contributed by atoms with Crippen LogP contribution in [0.3, 0.4) is 0 Å². The second-order valence-corrected chi connectivity index (χ2v) is 3.38. The zero-order valence-electron chi connectivity index (χ0n) is 8.28. The first kappa shape index (κ1) is 10.4. The highest BCUT2D eigenvalue weighted by Gasteiger charge is 2.06. The van der Waals surface area contributed by atoms with Crippen molar-refractivity contribution in [1.82, 2.24) is 0 Å². The molecule has 0 bridgehead atoms. The molecule has 0 aliphatic carbocycles. The van der Waals surface area contributed by atoms with E-state index in [4.69, 9.17) is 0 Å². The zero-order valence-corrected chi connectivity index (χ0v) is 8.28. The molecule has 0 saturated carbocycles. The number of carbonyl (C=O) groups excluding carboxylic acids is 2. The van der Waals surface area contributed by atoms with E-state index in [0.717, 1.165) is 6.29 Å². The molecule has 1 aromatic carbocycles. The van der Waals surface area contributed by atoms with E-state index in [-0.39, 0.29) is 11.8 Å². The molecule has 0 heterocycles. The van der Waals surface area contributed by atoms with Crippen molar-refractivity contribution in [3.63, 3.8) is 0 Å². The zero-order chi connectivity index (χ0) is 10.6. The number of carbonyl (C=O) groups is 2. The van der Waals surface area contributed by atoms with Crippen LogP contribution in [-0.2, 0) is 4.79 Å². The summed E-state index contributed by atoms with van der Waals surface area (Å²) in [5, 5.41) is 2.74. The van der Waals surface area contributed by atoms with E-state index >= 15 is 0 Å². The minimum atomic E-state index is -0.0410. The number of rotatable bonds is 3. The molecule has 0 saturated heterocycles. The largest absolute Gasteiger partial charge is 0.326 e. The molecule has 3 nitrogen and oxygen atoms in total. The van der Waals surface area contributed by atoms with Crippen LogP contribution in [0.5, 0.6) is 0 Å². The lowest BCUT2D eigenvalue weighted by molar-refractivity contribution is -0.118. The standard InChI is InChI=1S/C11H13NO2/c1-8(2)11(14)12-10-5-3-9(7-13)4-6-10/h3-8H,1-2H3,(H,12,14). The third kappa shape index (κ3) is 2.69. The highest BCUT2D eigenvalue weighted by atomic mass is 16.1. The summed E-state index contributed by atoms with van der Waals surface area (Å²) in [6.45, 7) is 3.66. The number of anilines is 1. The quantitative estimate of drug-likeness (QED) is 0.743. The molecule has 1 aromatic rings. The van der Waals surface area contributed by atoms with Gasteiger partial charge in [0.1, 0.15) is 6.29 Å². The predicted molar refractivity (Wildman–Crippen MR) is 55.3 cm³/mol. The lowest BCUT2D eigenvalue weighted by Gasteiger charge is -2.07. The number of hydrogen-bond donors (Lipinski definition) is 1. The fourth-order valence-electron chi connectivity index (χ4n) is 0.932. The van der Waals surface area contributed by atoms with Gasteiger partial charge in [-0.1, -0.05) is 13.8 Å². The lowest BCUT2D eigenvalue weighted by atomic mass is 10.2. The van der Waals surface area contributed by atoms with Crippen LogP contribution in [-0.4, -0.2) is 12.2 Å². The van der Waals surface area contributed by atoms with E-state index in [1.54, 1.807) is 24.3 Å². The lowest BCUT2D eigenvalue weighted by Crippen LogP contribution is -2.17. The van der Waals surface area contributed by atoms with Crippen LogP contribution < -0.4 is 5.32 Å². The van der Waals surface area contributed by atoms with Crippen molar-refractivity contribution in [3.8, 4) is 0 Å². The molecule has 0 spiro atoms. The minimum absolute atomic E-state index is 0.0242. The van der Waals surface area contributed by atoms with E-state index in [2.05, 4.69) is 5.32 Å². The molecule has 1 amide bonds. The molecule has 0 atom stereocenters. The fraction of sp³-hybridized carbons (Fsp3) is 0.273. The van der Waals surface area contributed by atoms with Crippen molar-refractivity contribution in [2.75, 3.05) is 5.32 Å². The number of aldehydes is 1. The van der Waals surface area contributed by atoms with Crippen molar-refractivity contribution >= 4 is 17.9 Å². The molecule has 0 aliphatic heterocycles. The third-order valence-corrected chi connectivity index (χ3v) is 1.84. The van der Waals surface area contributed by atoms with Crippen LogP contribution in [0.25, 0.3) is 0 Å². The van der Waals surface area contributed by atoms with Gasteiger partial charge in [0.25, 0.3) is 0 Å². The Morgan fingerprint density at radius 3 is 2.29 bits per heavy atom. The molecule has 3 heteroatoms. The van der Waals surface area contributed by atoms with Crippen LogP contribution in [0.4, 0.5) is 5.69 Å². The van der Waals surface area contributed by atoms with Gasteiger partial charge in [0.2, 0.25) is 5.91 Å². The molecular weight excluding hydrogens is 178 g/mol. The second-order valence-electron chi connectivity index (χ2n) is 3.38. The van der Waals surface area contributed by atoms with E-state index in [0.29, 0.717) is 11.3 Å². The Labute approximate surface area is 83.1 Å². The van der Waals surface area contributed by atoms with Gasteiger partial charge in [-0.25, -0.2) is 0 Å². The molecule has 74 valence electrons. The highest BCUT2D eigenvalue weighted by Crippen LogP contribution is 2.09. The first-order chi connectivity index (χ1) is 6.63. The van der Waals surface area contributed by atoms with Gasteiger partial charge in [0.05, 0.1) is 0 Å². The Morgan fingerprint density at radius 1 is 1.29 bits per heavy atom. The molecule has 0 unspecified atom stereocenters. The van der Waals surface area contributed by atoms with Gasteiger partial charge in [-0.3, -0.25) is 9.59 Å². The number of nitrogens with one attached hydrogen (secondary N) is 1. The molecule has 0 aliphatic rings. The highest BCUT2D eigenvalue weighted by molar-refractivity contribution is 5.92. The molecule has 1 rings (SSSR count). The Kier molecular flexibility index (Phi) is 3.40. The maximum atomic E-state index is 11.3. The minimum Gasteiger partial charge on any atom is -0.326 e. The normalized spacial score (nSPS) is 9.93. The summed E-state index contributed by atoms with van der Waals surface area (Å²) in [7, 11) is 0. The van der Waals surface area contributed by atoms with Gasteiger partial charge in [0, 0.05) is 17.2 Å². The molecule has 0 aromatic heterocycles. The molecule has 1 N–H and O–H groups in total. The third-order valence-electron chi connectivity index (χ3n) is 1.84. The van der Waals surface area contributed by atoms with E-state index in [1.165, 1.54) is 0 Å². The molecule has 0 fully saturated rings. The van der Waals surface area contributed by atoms with Gasteiger partial charge in [-0.05, 0) is 24.3 Å². The van der Waals surface area contributed by atoms with Crippen molar-refractivity contribution in [1.29, 1.82) is 0 Å². The van der Waals surface area contributed by atoms with Crippen LogP contribution >= 0.6 is 0 Å². The number of hydrogen-bond acceptors (Lipinski definition) is 2. The summed E-state index contributed by atoms with van der Waals surface area (Å²) < 4.78 is 0. The molecule has 0 radical (unpaired) electrons. The molecule has 14 heavy (non-hydrogen) atoms. The second kappa shape index (κ2) is 4.56. The van der Waals surface area contributed by atoms with Gasteiger partial charge in [-0.2, -0.15) is 0 Å². The first-order valence-corrected chi connectivity index (χ1v) is 4.49. The van der Waals surface area contributed by atoms with Crippen molar-refractivity contribution in [2.24, 2.45) is 5.92 Å². The van der Waals surface area contributed by atoms with Crippen LogP contribution in [0.2, 0.25) is 0 Å². The van der Waals surface area contributed by atoms with Gasteiger partial charge >= 0.3 is 0 Å². The van der Waals surface area contributed by atoms with E-state index in [1.807, 2.05) is 13.8 Å². The van der Waals surface area contributed by atoms with Gasteiger partial charge < -0.3 is 5.32 Å². The van der Waals surface area contributed by atoms with Gasteiger partial charge in [-0.15, -0.1) is 0 Å². The van der Waals surface area contributed by atoms with Gasteiger partial charge in [0.15, 0.2) is 0 Å². The monoisotopic (exact) mass is 191 g/mol. The SMILES string of the molecule is CC(C)C(=O)Nc1ccc(C=O)cc1. The van der Waals surface area contributed by atoms with Crippen molar-refractivity contribution in [2.45, 2.75) is 13.8 Å². The smallest absolute Gasteiger partial charge is 0.226 e. The first-order valence-electron chi connectivity index (χ1n) is 4.49. The van der Waals surface area contributed by atoms with Crippen LogP contribution in [0, 0.1) is 5.92 Å². The maximum absolute atomic E-state index is 11.3. The van der Waals surface area contributed by atoms with E-state index in [9.17, 15) is 9.59 Å². The summed E-state index contributed by atoms with van der Waals surface area (Å²) in [6.07, 6.45) is 0.772. The summed E-state index contributed by atoms with van der Waals surface area (Å²) in [6, 6.07) is 6.76. The summed E-state index contributed by atoms with van der Waals surface area (Å²) in [4.78, 5) is 21.6. The fourth-order valence-corrected chi connectivity index (χ4v) is 0.932. The summed E-state index contributed by atoms with van der Waals surface area (Å²) in [5.41, 5.74) is 1.32. The number of amides is 1. The van der Waals surface area contributed by atoms with Crippen molar-refractivity contribution in [3.05, 3.63) is 29.8 Å². The Hall–Kier alpha value is -1.64. The summed E-state index contributed by atoms with van der Waals surface area (Å²) in [5.74, 6) is -0.0652. The average Bonchev–Trinajstić information content (AvgIpc) is 2.19. The topological polar surface area (TPSA) is 46.2 Å². The molecular formula is C11H13NO2. The Bertz CT molecular complexity index is 328. The Morgan fingerprint density at radius 2 is 1.86 bits per heavy atom. The summed E-state index contributed by atoms with van der Waals surface area (Å²) >= 11 is 0. The van der Waals surface area contributed by atoms with Crippen LogP contribution in [0.15, 0.2) is 24.3 Å². The average molecular weight is 191 g/mol. The maximum Gasteiger partial charge on any atom is 0.226 e.